The standard InChI is InChI=1S/C9H11N3/c1-6-3-8(10)9-11-7(2)5-12(9)4-6/h3-5H,10H2,1-2H3. The van der Waals surface area contributed by atoms with Gasteiger partial charge in [0.2, 0.25) is 0 Å². The van der Waals surface area contributed by atoms with Crippen molar-refractivity contribution >= 4 is 11.3 Å². The number of nitrogens with two attached hydrogens (primary N) is 1. The lowest BCUT2D eigenvalue weighted by Gasteiger charge is -1.98. The fourth-order valence-corrected chi connectivity index (χ4v) is 1.39. The van der Waals surface area contributed by atoms with E-state index in [0.717, 1.165) is 22.6 Å². The number of imidazole rings is 1. The largest absolute Gasteiger partial charge is 0.396 e. The summed E-state index contributed by atoms with van der Waals surface area (Å²) in [6, 6.07) is 1.93. The lowest BCUT2D eigenvalue weighted by Crippen LogP contribution is -1.93. The number of hydrogen-bond acceptors (Lipinski definition) is 2. The Hall–Kier alpha value is -1.51. The highest BCUT2D eigenvalue weighted by atomic mass is 15.0. The van der Waals surface area contributed by atoms with E-state index in [9.17, 15) is 0 Å². The number of pyridine rings is 1. The van der Waals surface area contributed by atoms with Gasteiger partial charge in [-0.1, -0.05) is 0 Å². The molecule has 2 rings (SSSR count). The third-order valence-electron chi connectivity index (χ3n) is 1.84. The van der Waals surface area contributed by atoms with Crippen molar-refractivity contribution in [2.24, 2.45) is 0 Å². The van der Waals surface area contributed by atoms with Gasteiger partial charge in [-0.15, -0.1) is 0 Å². The predicted molar refractivity (Wildman–Crippen MR) is 49.1 cm³/mol. The molecule has 0 aliphatic heterocycles. The maximum Gasteiger partial charge on any atom is 0.160 e. The Labute approximate surface area is 70.8 Å². The van der Waals surface area contributed by atoms with Crippen molar-refractivity contribution in [1.29, 1.82) is 0 Å². The number of hydrogen-bond donors (Lipinski definition) is 1. The quantitative estimate of drug-likeness (QED) is 0.636. The van der Waals surface area contributed by atoms with E-state index in [1.165, 1.54) is 0 Å². The van der Waals surface area contributed by atoms with E-state index in [4.69, 9.17) is 5.73 Å². The van der Waals surface area contributed by atoms with Gasteiger partial charge in [-0.3, -0.25) is 0 Å². The van der Waals surface area contributed by atoms with Crippen LogP contribution in [0.15, 0.2) is 18.5 Å². The van der Waals surface area contributed by atoms with Crippen LogP contribution in [-0.2, 0) is 0 Å². The van der Waals surface area contributed by atoms with Crippen molar-refractivity contribution in [2.45, 2.75) is 13.8 Å². The summed E-state index contributed by atoms with van der Waals surface area (Å²) in [6.45, 7) is 3.98. The summed E-state index contributed by atoms with van der Waals surface area (Å²) in [6.07, 6.45) is 3.99. The van der Waals surface area contributed by atoms with E-state index >= 15 is 0 Å². The van der Waals surface area contributed by atoms with Crippen molar-refractivity contribution in [1.82, 2.24) is 9.38 Å². The number of nitrogens with zero attached hydrogens (tertiary/aromatic N) is 2. The molecule has 0 aromatic carbocycles. The molecule has 0 saturated carbocycles. The Morgan fingerprint density at radius 1 is 1.33 bits per heavy atom. The third kappa shape index (κ3) is 0.942. The molecule has 0 amide bonds. The van der Waals surface area contributed by atoms with Gasteiger partial charge in [0.05, 0.1) is 11.4 Å². The summed E-state index contributed by atoms with van der Waals surface area (Å²) in [4.78, 5) is 4.29. The van der Waals surface area contributed by atoms with E-state index in [-0.39, 0.29) is 0 Å². The number of anilines is 1. The molecule has 12 heavy (non-hydrogen) atoms. The summed E-state index contributed by atoms with van der Waals surface area (Å²) < 4.78 is 1.96. The van der Waals surface area contributed by atoms with E-state index in [0.29, 0.717) is 0 Å². The molecule has 0 unspecified atom stereocenters. The molecular formula is C9H11N3. The second kappa shape index (κ2) is 2.24. The van der Waals surface area contributed by atoms with E-state index in [2.05, 4.69) is 4.98 Å². The summed E-state index contributed by atoms with van der Waals surface area (Å²) in [7, 11) is 0. The highest BCUT2D eigenvalue weighted by molar-refractivity contribution is 5.65. The van der Waals surface area contributed by atoms with Gasteiger partial charge in [-0.05, 0) is 25.5 Å². The molecule has 0 atom stereocenters. The zero-order valence-electron chi connectivity index (χ0n) is 7.20. The van der Waals surface area contributed by atoms with Crippen molar-refractivity contribution in [3.05, 3.63) is 29.7 Å². The van der Waals surface area contributed by atoms with Crippen LogP contribution in [-0.4, -0.2) is 9.38 Å². The number of aromatic nitrogens is 2. The molecule has 0 aliphatic carbocycles. The molecule has 62 valence electrons. The zero-order valence-corrected chi connectivity index (χ0v) is 7.20. The SMILES string of the molecule is Cc1cc(N)c2nc(C)cn2c1. The fraction of sp³-hybridized carbons (Fsp3) is 0.222. The van der Waals surface area contributed by atoms with Crippen LogP contribution in [0.5, 0.6) is 0 Å². The minimum Gasteiger partial charge on any atom is -0.396 e. The van der Waals surface area contributed by atoms with Crippen molar-refractivity contribution in [3.63, 3.8) is 0 Å². The Bertz CT molecular complexity index is 429. The van der Waals surface area contributed by atoms with Crippen molar-refractivity contribution in [3.8, 4) is 0 Å². The maximum absolute atomic E-state index is 5.79. The molecule has 0 radical (unpaired) electrons. The van der Waals surface area contributed by atoms with Gasteiger partial charge in [-0.25, -0.2) is 4.98 Å². The van der Waals surface area contributed by atoms with Gasteiger partial charge in [0.1, 0.15) is 0 Å². The smallest absolute Gasteiger partial charge is 0.160 e. The Kier molecular flexibility index (Phi) is 1.33. The van der Waals surface area contributed by atoms with E-state index < -0.39 is 0 Å². The minimum absolute atomic E-state index is 0.739. The normalized spacial score (nSPS) is 10.8. The van der Waals surface area contributed by atoms with Crippen molar-refractivity contribution in [2.75, 3.05) is 5.73 Å². The van der Waals surface area contributed by atoms with Crippen LogP contribution in [0.1, 0.15) is 11.3 Å². The monoisotopic (exact) mass is 161 g/mol. The van der Waals surface area contributed by atoms with Crippen LogP contribution in [0.4, 0.5) is 5.69 Å². The average Bonchev–Trinajstić information content (AvgIpc) is 2.29. The average molecular weight is 161 g/mol. The Morgan fingerprint density at radius 3 is 2.83 bits per heavy atom. The summed E-state index contributed by atoms with van der Waals surface area (Å²) >= 11 is 0. The van der Waals surface area contributed by atoms with Crippen molar-refractivity contribution < 1.29 is 0 Å². The molecule has 0 fully saturated rings. The lowest BCUT2D eigenvalue weighted by molar-refractivity contribution is 1.16. The van der Waals surface area contributed by atoms with Gasteiger partial charge in [0.25, 0.3) is 0 Å². The number of nitrogen functional groups attached to an aromatic ring is 1. The topological polar surface area (TPSA) is 43.3 Å². The predicted octanol–water partition coefficient (Wildman–Crippen LogP) is 1.53. The van der Waals surface area contributed by atoms with Crippen LogP contribution in [0.25, 0.3) is 5.65 Å². The van der Waals surface area contributed by atoms with Gasteiger partial charge < -0.3 is 10.1 Å². The molecule has 0 spiro atoms. The number of fused-ring (bicyclic) bond motifs is 1. The van der Waals surface area contributed by atoms with Crippen LogP contribution < -0.4 is 5.73 Å². The first-order valence-corrected chi connectivity index (χ1v) is 3.88. The first-order chi connectivity index (χ1) is 5.66. The van der Waals surface area contributed by atoms with Crippen LogP contribution >= 0.6 is 0 Å². The van der Waals surface area contributed by atoms with Gasteiger partial charge in [0, 0.05) is 12.4 Å². The molecule has 0 aliphatic rings. The molecule has 3 heteroatoms. The summed E-state index contributed by atoms with van der Waals surface area (Å²) in [5.41, 5.74) is 9.51. The van der Waals surface area contributed by atoms with E-state index in [1.54, 1.807) is 0 Å². The molecule has 0 bridgehead atoms. The minimum atomic E-state index is 0.739. The van der Waals surface area contributed by atoms with Crippen LogP contribution in [0, 0.1) is 13.8 Å². The maximum atomic E-state index is 5.79. The number of aryl methyl sites for hydroxylation is 2. The molecule has 0 saturated heterocycles. The van der Waals surface area contributed by atoms with Crippen LogP contribution in [0.3, 0.4) is 0 Å². The fourth-order valence-electron chi connectivity index (χ4n) is 1.39. The highest BCUT2D eigenvalue weighted by Gasteiger charge is 2.01. The molecule has 2 aromatic rings. The van der Waals surface area contributed by atoms with Gasteiger partial charge in [-0.2, -0.15) is 0 Å². The van der Waals surface area contributed by atoms with Gasteiger partial charge >= 0.3 is 0 Å². The second-order valence-corrected chi connectivity index (χ2v) is 3.09. The molecule has 2 aromatic heterocycles. The Morgan fingerprint density at radius 2 is 2.08 bits per heavy atom. The first-order valence-electron chi connectivity index (χ1n) is 3.88. The Balaban J connectivity index is 2.88. The summed E-state index contributed by atoms with van der Waals surface area (Å²) in [5.74, 6) is 0. The second-order valence-electron chi connectivity index (χ2n) is 3.09. The molecule has 3 nitrogen and oxygen atoms in total. The number of rotatable bonds is 0. The molecule has 2 N–H and O–H groups in total. The lowest BCUT2D eigenvalue weighted by atomic mass is 10.3. The van der Waals surface area contributed by atoms with E-state index in [1.807, 2.05) is 36.7 Å². The van der Waals surface area contributed by atoms with Crippen LogP contribution in [0.2, 0.25) is 0 Å². The summed E-state index contributed by atoms with van der Waals surface area (Å²) in [5, 5.41) is 0. The molecular weight excluding hydrogens is 150 g/mol. The first kappa shape index (κ1) is 7.16. The highest BCUT2D eigenvalue weighted by Crippen LogP contribution is 2.14. The molecule has 2 heterocycles. The van der Waals surface area contributed by atoms with Gasteiger partial charge in [0.15, 0.2) is 5.65 Å². The third-order valence-corrected chi connectivity index (χ3v) is 1.84. The zero-order chi connectivity index (χ0) is 8.72.